The quantitative estimate of drug-likeness (QED) is 0.623. The van der Waals surface area contributed by atoms with E-state index in [1.165, 1.54) is 0 Å². The first-order chi connectivity index (χ1) is 12.2. The van der Waals surface area contributed by atoms with Gasteiger partial charge in [0.15, 0.2) is 0 Å². The van der Waals surface area contributed by atoms with E-state index >= 15 is 0 Å². The highest BCUT2D eigenvalue weighted by molar-refractivity contribution is 5.80. The van der Waals surface area contributed by atoms with Gasteiger partial charge in [-0.3, -0.25) is 14.8 Å². The molecule has 4 rings (SSSR count). The second-order valence-electron chi connectivity index (χ2n) is 5.65. The van der Waals surface area contributed by atoms with E-state index < -0.39 is 0 Å². The van der Waals surface area contributed by atoms with Crippen LogP contribution in [-0.2, 0) is 11.2 Å². The summed E-state index contributed by atoms with van der Waals surface area (Å²) in [5.74, 6) is -0.386. The largest absolute Gasteiger partial charge is 0.369 e. The van der Waals surface area contributed by atoms with Crippen LogP contribution in [0.1, 0.15) is 5.69 Å². The van der Waals surface area contributed by atoms with Gasteiger partial charge in [-0.05, 0) is 30.3 Å². The fourth-order valence-corrected chi connectivity index (χ4v) is 2.84. The molecule has 1 amide bonds. The molecule has 6 heteroatoms. The smallest absolute Gasteiger partial charge is 0.223 e. The van der Waals surface area contributed by atoms with E-state index in [0.29, 0.717) is 0 Å². The van der Waals surface area contributed by atoms with Crippen LogP contribution in [0.25, 0.3) is 28.2 Å². The number of rotatable bonds is 4. The lowest BCUT2D eigenvalue weighted by Gasteiger charge is -2.09. The molecule has 0 saturated carbocycles. The SMILES string of the molecule is NC(=O)Cc1cnc2ccc(-c3cccnc3-c3ccccn3)cn12. The molecule has 0 spiro atoms. The van der Waals surface area contributed by atoms with Crippen molar-refractivity contribution in [3.63, 3.8) is 0 Å². The number of hydrogen-bond donors (Lipinski definition) is 1. The Kier molecular flexibility index (Phi) is 3.70. The molecule has 0 atom stereocenters. The van der Waals surface area contributed by atoms with Crippen LogP contribution in [0.3, 0.4) is 0 Å². The monoisotopic (exact) mass is 329 g/mol. The zero-order valence-electron chi connectivity index (χ0n) is 13.3. The Labute approximate surface area is 144 Å². The van der Waals surface area contributed by atoms with Gasteiger partial charge in [0, 0.05) is 35.9 Å². The number of primary amides is 1. The number of nitrogens with two attached hydrogens (primary N) is 1. The molecule has 2 N–H and O–H groups in total. The number of pyridine rings is 3. The summed E-state index contributed by atoms with van der Waals surface area (Å²) in [5, 5.41) is 0. The highest BCUT2D eigenvalue weighted by Crippen LogP contribution is 2.29. The van der Waals surface area contributed by atoms with Crippen molar-refractivity contribution in [1.82, 2.24) is 19.4 Å². The van der Waals surface area contributed by atoms with E-state index in [4.69, 9.17) is 5.73 Å². The third-order valence-corrected chi connectivity index (χ3v) is 3.96. The second-order valence-corrected chi connectivity index (χ2v) is 5.65. The number of hydrogen-bond acceptors (Lipinski definition) is 4. The average molecular weight is 329 g/mol. The normalized spacial score (nSPS) is 10.9. The molecule has 4 heterocycles. The van der Waals surface area contributed by atoms with Crippen molar-refractivity contribution in [3.05, 3.63) is 72.9 Å². The zero-order chi connectivity index (χ0) is 17.2. The number of nitrogens with zero attached hydrogens (tertiary/aromatic N) is 4. The number of fused-ring (bicyclic) bond motifs is 1. The van der Waals surface area contributed by atoms with Crippen LogP contribution in [0.4, 0.5) is 0 Å². The van der Waals surface area contributed by atoms with Crippen molar-refractivity contribution in [2.45, 2.75) is 6.42 Å². The van der Waals surface area contributed by atoms with Crippen molar-refractivity contribution < 1.29 is 4.79 Å². The van der Waals surface area contributed by atoms with Crippen LogP contribution >= 0.6 is 0 Å². The molecule has 0 fully saturated rings. The minimum absolute atomic E-state index is 0.144. The fourth-order valence-electron chi connectivity index (χ4n) is 2.84. The lowest BCUT2D eigenvalue weighted by molar-refractivity contribution is -0.117. The first-order valence-electron chi connectivity index (χ1n) is 7.83. The van der Waals surface area contributed by atoms with Gasteiger partial charge in [0.25, 0.3) is 0 Å². The topological polar surface area (TPSA) is 86.2 Å². The van der Waals surface area contributed by atoms with Crippen molar-refractivity contribution in [1.29, 1.82) is 0 Å². The first-order valence-corrected chi connectivity index (χ1v) is 7.83. The zero-order valence-corrected chi connectivity index (χ0v) is 13.3. The molecule has 0 bridgehead atoms. The lowest BCUT2D eigenvalue weighted by Crippen LogP contribution is -2.14. The van der Waals surface area contributed by atoms with Crippen LogP contribution in [0.15, 0.2) is 67.3 Å². The van der Waals surface area contributed by atoms with Crippen LogP contribution in [0.2, 0.25) is 0 Å². The van der Waals surface area contributed by atoms with Crippen molar-refractivity contribution in [3.8, 4) is 22.5 Å². The molecule has 0 aliphatic carbocycles. The number of carbonyl (C=O) groups is 1. The van der Waals surface area contributed by atoms with Gasteiger partial charge in [-0.2, -0.15) is 0 Å². The van der Waals surface area contributed by atoms with E-state index in [1.807, 2.05) is 53.1 Å². The van der Waals surface area contributed by atoms with E-state index in [2.05, 4.69) is 15.0 Å². The van der Waals surface area contributed by atoms with Crippen LogP contribution in [0.5, 0.6) is 0 Å². The van der Waals surface area contributed by atoms with Gasteiger partial charge >= 0.3 is 0 Å². The average Bonchev–Trinajstić information content (AvgIpc) is 3.04. The highest BCUT2D eigenvalue weighted by atomic mass is 16.1. The maximum atomic E-state index is 11.3. The molecule has 0 aliphatic heterocycles. The van der Waals surface area contributed by atoms with Gasteiger partial charge in [0.05, 0.1) is 23.5 Å². The summed E-state index contributed by atoms with van der Waals surface area (Å²) >= 11 is 0. The number of amides is 1. The molecule has 0 radical (unpaired) electrons. The van der Waals surface area contributed by atoms with E-state index in [9.17, 15) is 4.79 Å². The summed E-state index contributed by atoms with van der Waals surface area (Å²) < 4.78 is 1.88. The van der Waals surface area contributed by atoms with E-state index in [-0.39, 0.29) is 12.3 Å². The van der Waals surface area contributed by atoms with E-state index in [1.54, 1.807) is 18.6 Å². The van der Waals surface area contributed by atoms with Crippen LogP contribution < -0.4 is 5.73 Å². The Morgan fingerprint density at radius 1 is 1.00 bits per heavy atom. The summed E-state index contributed by atoms with van der Waals surface area (Å²) in [7, 11) is 0. The summed E-state index contributed by atoms with van der Waals surface area (Å²) in [6, 6.07) is 13.5. The molecule has 6 nitrogen and oxygen atoms in total. The number of imidazole rings is 1. The summed E-state index contributed by atoms with van der Waals surface area (Å²) in [6.07, 6.45) is 7.27. The maximum absolute atomic E-state index is 11.3. The molecule has 4 aromatic heterocycles. The second kappa shape index (κ2) is 6.16. The van der Waals surface area contributed by atoms with Gasteiger partial charge in [-0.25, -0.2) is 4.98 Å². The maximum Gasteiger partial charge on any atom is 0.223 e. The van der Waals surface area contributed by atoms with E-state index in [0.717, 1.165) is 33.9 Å². The van der Waals surface area contributed by atoms with Crippen molar-refractivity contribution >= 4 is 11.6 Å². The molecule has 0 aromatic carbocycles. The Hall–Kier alpha value is -3.54. The molecule has 0 unspecified atom stereocenters. The molecule has 4 aromatic rings. The highest BCUT2D eigenvalue weighted by Gasteiger charge is 2.12. The summed E-state index contributed by atoms with van der Waals surface area (Å²) in [6.45, 7) is 0. The van der Waals surface area contributed by atoms with Crippen molar-refractivity contribution in [2.24, 2.45) is 5.73 Å². The van der Waals surface area contributed by atoms with Gasteiger partial charge < -0.3 is 10.1 Å². The molecule has 0 aliphatic rings. The molecule has 122 valence electrons. The third kappa shape index (κ3) is 2.85. The van der Waals surface area contributed by atoms with Crippen molar-refractivity contribution in [2.75, 3.05) is 0 Å². The molecule has 25 heavy (non-hydrogen) atoms. The predicted octanol–water partition coefficient (Wildman–Crippen LogP) is 2.49. The van der Waals surface area contributed by atoms with Crippen LogP contribution in [0, 0.1) is 0 Å². The minimum Gasteiger partial charge on any atom is -0.369 e. The molecule has 0 saturated heterocycles. The minimum atomic E-state index is -0.386. The Morgan fingerprint density at radius 2 is 1.88 bits per heavy atom. The Morgan fingerprint density at radius 3 is 2.68 bits per heavy atom. The standard InChI is InChI=1S/C19H15N5O/c20-17(25)10-14-11-23-18-7-6-13(12-24(14)18)15-4-3-9-22-19(15)16-5-1-2-8-21-16/h1-9,11-12H,10H2,(H2,20,25). The number of carbonyl (C=O) groups excluding carboxylic acids is 1. The number of aromatic nitrogens is 4. The van der Waals surface area contributed by atoms with Gasteiger partial charge in [-0.1, -0.05) is 12.1 Å². The fraction of sp³-hybridized carbons (Fsp3) is 0.0526. The van der Waals surface area contributed by atoms with Gasteiger partial charge in [-0.15, -0.1) is 0 Å². The lowest BCUT2D eigenvalue weighted by atomic mass is 10.0. The van der Waals surface area contributed by atoms with Crippen LogP contribution in [-0.4, -0.2) is 25.3 Å². The third-order valence-electron chi connectivity index (χ3n) is 3.96. The Bertz CT molecular complexity index is 1060. The molecular formula is C19H15N5O. The van der Waals surface area contributed by atoms with Gasteiger partial charge in [0.2, 0.25) is 5.91 Å². The predicted molar refractivity (Wildman–Crippen MR) is 94.6 cm³/mol. The summed E-state index contributed by atoms with van der Waals surface area (Å²) in [4.78, 5) is 24.5. The molecular weight excluding hydrogens is 314 g/mol. The van der Waals surface area contributed by atoms with Gasteiger partial charge in [0.1, 0.15) is 5.65 Å². The Balaban J connectivity index is 1.87. The summed E-state index contributed by atoms with van der Waals surface area (Å²) in [5.41, 5.74) is 10.4. The first kappa shape index (κ1) is 15.0.